The van der Waals surface area contributed by atoms with E-state index >= 15 is 0 Å². The summed E-state index contributed by atoms with van der Waals surface area (Å²) in [5.74, 6) is -0.223. The quantitative estimate of drug-likeness (QED) is 0.512. The van der Waals surface area contributed by atoms with E-state index in [-0.39, 0.29) is 17.7 Å². The van der Waals surface area contributed by atoms with E-state index in [1.807, 2.05) is 73.9 Å². The van der Waals surface area contributed by atoms with Gasteiger partial charge in [0.25, 0.3) is 0 Å². The second-order valence-electron chi connectivity index (χ2n) is 7.12. The number of ketones is 1. The highest BCUT2D eigenvalue weighted by Gasteiger charge is 2.36. The minimum atomic E-state index is -0.384. The van der Waals surface area contributed by atoms with Crippen LogP contribution in [0.25, 0.3) is 0 Å². The smallest absolute Gasteiger partial charge is 0.320 e. The average Bonchev–Trinajstić information content (AvgIpc) is 3.14. The van der Waals surface area contributed by atoms with Gasteiger partial charge in [0.15, 0.2) is 5.75 Å². The second-order valence-corrected chi connectivity index (χ2v) is 7.12. The lowest BCUT2D eigenvalue weighted by Gasteiger charge is -2.14. The molecule has 0 radical (unpaired) electrons. The van der Waals surface area contributed by atoms with Gasteiger partial charge < -0.3 is 9.30 Å². The molecule has 4 rings (SSSR count). The molecular weight excluding hydrogens is 338 g/mol. The molecule has 0 amide bonds. The zero-order chi connectivity index (χ0) is 19.1. The van der Waals surface area contributed by atoms with Crippen molar-refractivity contribution in [1.29, 1.82) is 0 Å². The Morgan fingerprint density at radius 1 is 1.04 bits per heavy atom. The van der Waals surface area contributed by atoms with Crippen molar-refractivity contribution in [3.05, 3.63) is 88.2 Å². The average molecular weight is 359 g/mol. The first-order valence-electron chi connectivity index (χ1n) is 9.06. The summed E-state index contributed by atoms with van der Waals surface area (Å²) in [5.41, 5.74) is 5.26. The molecule has 0 spiro atoms. The molecule has 1 aliphatic heterocycles. The summed E-state index contributed by atoms with van der Waals surface area (Å²) in [4.78, 5) is 25.3. The molecule has 3 aromatic rings. The van der Waals surface area contributed by atoms with E-state index in [1.54, 1.807) is 6.07 Å². The van der Waals surface area contributed by atoms with Gasteiger partial charge in [-0.3, -0.25) is 9.59 Å². The predicted molar refractivity (Wildman–Crippen MR) is 103 cm³/mol. The van der Waals surface area contributed by atoms with Crippen LogP contribution in [0.3, 0.4) is 0 Å². The number of aromatic nitrogens is 1. The topological polar surface area (TPSA) is 48.3 Å². The third kappa shape index (κ3) is 2.97. The van der Waals surface area contributed by atoms with Crippen LogP contribution < -0.4 is 4.74 Å². The summed E-state index contributed by atoms with van der Waals surface area (Å²) >= 11 is 0. The molecule has 4 heteroatoms. The van der Waals surface area contributed by atoms with Crippen LogP contribution in [0, 0.1) is 13.8 Å². The molecule has 2 heterocycles. The van der Waals surface area contributed by atoms with Crippen molar-refractivity contribution in [3.8, 4) is 5.75 Å². The van der Waals surface area contributed by atoms with Gasteiger partial charge in [0, 0.05) is 18.2 Å². The maximum Gasteiger partial charge on any atom is 0.320 e. The number of hydrogen-bond acceptors (Lipinski definition) is 3. The van der Waals surface area contributed by atoms with Crippen molar-refractivity contribution >= 4 is 11.8 Å². The molecule has 1 aromatic heterocycles. The molecular formula is C23H21NO3. The Balaban J connectivity index is 1.82. The van der Waals surface area contributed by atoms with Crippen LogP contribution in [0.15, 0.2) is 54.6 Å². The maximum absolute atomic E-state index is 13.3. The fourth-order valence-electron chi connectivity index (χ4n) is 3.53. The van der Waals surface area contributed by atoms with E-state index in [0.29, 0.717) is 23.6 Å². The molecule has 1 aliphatic rings. The Hall–Kier alpha value is -3.14. The van der Waals surface area contributed by atoms with Crippen LogP contribution in [0.2, 0.25) is 0 Å². The number of hydrogen-bond donors (Lipinski definition) is 0. The molecule has 0 aliphatic carbocycles. The Kier molecular flexibility index (Phi) is 4.19. The monoisotopic (exact) mass is 359 g/mol. The van der Waals surface area contributed by atoms with Gasteiger partial charge in [-0.2, -0.15) is 0 Å². The van der Waals surface area contributed by atoms with E-state index in [9.17, 15) is 9.59 Å². The second kappa shape index (κ2) is 6.54. The molecule has 0 N–H and O–H groups in total. The molecule has 4 nitrogen and oxygen atoms in total. The number of ether oxygens (including phenoxy) is 1. The Morgan fingerprint density at radius 2 is 1.78 bits per heavy atom. The number of fused-ring (bicyclic) bond motifs is 1. The zero-order valence-corrected chi connectivity index (χ0v) is 15.7. The summed E-state index contributed by atoms with van der Waals surface area (Å²) in [6.07, 6.45) is 0. The van der Waals surface area contributed by atoms with Gasteiger partial charge >= 0.3 is 5.97 Å². The number of nitrogens with zero attached hydrogens (tertiary/aromatic N) is 1. The van der Waals surface area contributed by atoms with Crippen molar-refractivity contribution in [2.75, 3.05) is 0 Å². The van der Waals surface area contributed by atoms with Crippen LogP contribution in [-0.4, -0.2) is 16.3 Å². The summed E-state index contributed by atoms with van der Waals surface area (Å²) in [7, 11) is 0. The van der Waals surface area contributed by atoms with Crippen molar-refractivity contribution in [1.82, 2.24) is 4.57 Å². The molecule has 0 bridgehead atoms. The summed E-state index contributed by atoms with van der Waals surface area (Å²) < 4.78 is 7.32. The van der Waals surface area contributed by atoms with E-state index in [1.165, 1.54) is 0 Å². The molecule has 136 valence electrons. The highest BCUT2D eigenvalue weighted by Crippen LogP contribution is 2.38. The van der Waals surface area contributed by atoms with Crippen molar-refractivity contribution in [2.45, 2.75) is 33.2 Å². The third-order valence-corrected chi connectivity index (χ3v) is 5.26. The molecule has 0 fully saturated rings. The van der Waals surface area contributed by atoms with Crippen LogP contribution in [0.1, 0.15) is 51.3 Å². The first-order valence-corrected chi connectivity index (χ1v) is 9.06. The van der Waals surface area contributed by atoms with Gasteiger partial charge in [0.1, 0.15) is 0 Å². The van der Waals surface area contributed by atoms with Crippen molar-refractivity contribution in [3.63, 3.8) is 0 Å². The molecule has 1 atom stereocenters. The zero-order valence-electron chi connectivity index (χ0n) is 15.7. The van der Waals surface area contributed by atoms with Gasteiger partial charge in [0.2, 0.25) is 5.78 Å². The normalized spacial score (nSPS) is 15.5. The van der Waals surface area contributed by atoms with Crippen LogP contribution in [-0.2, 0) is 11.3 Å². The SMILES string of the molecule is Cc1ccc(C(=O)c2cc3c(n2Cc2ccccc2)C(C)C(=O)O3)cc1C. The predicted octanol–water partition coefficient (Wildman–Crippen LogP) is 4.41. The first kappa shape index (κ1) is 17.3. The van der Waals surface area contributed by atoms with Gasteiger partial charge in [-0.15, -0.1) is 0 Å². The maximum atomic E-state index is 13.3. The number of esters is 1. The third-order valence-electron chi connectivity index (χ3n) is 5.26. The fraction of sp³-hybridized carbons (Fsp3) is 0.217. The van der Waals surface area contributed by atoms with Crippen molar-refractivity contribution < 1.29 is 14.3 Å². The summed E-state index contributed by atoms with van der Waals surface area (Å²) in [6, 6.07) is 17.4. The standard InChI is InChI=1S/C23H21NO3/c1-14-9-10-18(11-15(14)2)22(25)19-12-20-21(16(3)23(26)27-20)24(19)13-17-7-5-4-6-8-17/h4-12,16H,13H2,1-3H3. The summed E-state index contributed by atoms with van der Waals surface area (Å²) in [6.45, 7) is 6.36. The van der Waals surface area contributed by atoms with E-state index in [2.05, 4.69) is 0 Å². The van der Waals surface area contributed by atoms with Gasteiger partial charge in [-0.25, -0.2) is 0 Å². The highest BCUT2D eigenvalue weighted by molar-refractivity contribution is 6.09. The lowest BCUT2D eigenvalue weighted by atomic mass is 10.0. The minimum absolute atomic E-state index is 0.0633. The summed E-state index contributed by atoms with van der Waals surface area (Å²) in [5, 5.41) is 0. The molecule has 27 heavy (non-hydrogen) atoms. The van der Waals surface area contributed by atoms with Crippen molar-refractivity contribution in [2.24, 2.45) is 0 Å². The number of rotatable bonds is 4. The van der Waals surface area contributed by atoms with Crippen LogP contribution in [0.4, 0.5) is 0 Å². The van der Waals surface area contributed by atoms with Gasteiger partial charge in [-0.1, -0.05) is 42.5 Å². The Labute approximate surface area is 158 Å². The Morgan fingerprint density at radius 3 is 2.48 bits per heavy atom. The van der Waals surface area contributed by atoms with E-state index in [4.69, 9.17) is 4.74 Å². The van der Waals surface area contributed by atoms with E-state index < -0.39 is 0 Å². The lowest BCUT2D eigenvalue weighted by Crippen LogP contribution is -2.17. The fourth-order valence-corrected chi connectivity index (χ4v) is 3.53. The highest BCUT2D eigenvalue weighted by atomic mass is 16.5. The van der Waals surface area contributed by atoms with Crippen LogP contribution >= 0.6 is 0 Å². The molecule has 0 saturated carbocycles. The number of benzene rings is 2. The molecule has 2 aromatic carbocycles. The largest absolute Gasteiger partial charge is 0.424 e. The van der Waals surface area contributed by atoms with Gasteiger partial charge in [-0.05, 0) is 43.5 Å². The van der Waals surface area contributed by atoms with E-state index in [0.717, 1.165) is 22.4 Å². The Bertz CT molecular complexity index is 1050. The number of aryl methyl sites for hydroxylation is 2. The number of carbonyl (C=O) groups excluding carboxylic acids is 2. The van der Waals surface area contributed by atoms with Gasteiger partial charge in [0.05, 0.1) is 17.3 Å². The molecule has 0 saturated heterocycles. The molecule has 1 unspecified atom stereocenters. The first-order chi connectivity index (χ1) is 13.0. The number of carbonyl (C=O) groups is 2. The minimum Gasteiger partial charge on any atom is -0.424 e. The lowest BCUT2D eigenvalue weighted by molar-refractivity contribution is -0.133. The van der Waals surface area contributed by atoms with Crippen LogP contribution in [0.5, 0.6) is 5.75 Å².